The summed E-state index contributed by atoms with van der Waals surface area (Å²) in [4.78, 5) is 15.7. The Morgan fingerprint density at radius 1 is 1.33 bits per heavy atom. The van der Waals surface area contributed by atoms with Crippen LogP contribution in [0.15, 0.2) is 63.9 Å². The van der Waals surface area contributed by atoms with E-state index >= 15 is 4.39 Å². The van der Waals surface area contributed by atoms with E-state index in [1.807, 2.05) is 31.3 Å². The van der Waals surface area contributed by atoms with Crippen molar-refractivity contribution >= 4 is 28.1 Å². The van der Waals surface area contributed by atoms with E-state index in [9.17, 15) is 4.79 Å². The lowest BCUT2D eigenvalue weighted by atomic mass is 9.87. The van der Waals surface area contributed by atoms with Crippen LogP contribution in [0.4, 0.5) is 4.39 Å². The van der Waals surface area contributed by atoms with Gasteiger partial charge in [0, 0.05) is 56.4 Å². The maximum atomic E-state index is 15.1. The fourth-order valence-corrected chi connectivity index (χ4v) is 3.97. The molecule has 1 aromatic rings. The number of hydrazone groups is 1. The summed E-state index contributed by atoms with van der Waals surface area (Å²) in [5.74, 6) is -0.200. The molecule has 2 unspecified atom stereocenters. The lowest BCUT2D eigenvalue weighted by molar-refractivity contribution is 0.0827. The summed E-state index contributed by atoms with van der Waals surface area (Å²) in [7, 11) is 5.34. The summed E-state index contributed by atoms with van der Waals surface area (Å²) >= 11 is 3.49. The van der Waals surface area contributed by atoms with Crippen molar-refractivity contribution in [3.05, 3.63) is 69.9 Å². The van der Waals surface area contributed by atoms with Gasteiger partial charge in [-0.25, -0.2) is 4.39 Å². The Balaban J connectivity index is 1.65. The number of alkyl halides is 1. The minimum atomic E-state index is -0.966. The molecule has 7 heteroatoms. The number of carbonyl (C=O) groups excluding carboxylic acids is 1. The van der Waals surface area contributed by atoms with Crippen molar-refractivity contribution in [2.75, 3.05) is 40.8 Å². The van der Waals surface area contributed by atoms with Crippen LogP contribution in [0.2, 0.25) is 0 Å². The standard InChI is InChI=1S/C23H28BrFN4O/c1-16-13-19(28(4)26-11-9-21(16)24)14-29-12-10-20(22(25)15-29)17-5-7-18(8-6-17)23(30)27(2)3/h5-9,11,13,20,22H,1,10,12,14-15H2,2-4H3/b19-13-,21-9+,26-11-. The van der Waals surface area contributed by atoms with Gasteiger partial charge < -0.3 is 4.90 Å². The van der Waals surface area contributed by atoms with Gasteiger partial charge in [0.1, 0.15) is 6.17 Å². The molecule has 1 amide bonds. The molecule has 2 aliphatic heterocycles. The second-order valence-electron chi connectivity index (χ2n) is 7.93. The van der Waals surface area contributed by atoms with Gasteiger partial charge in [0.25, 0.3) is 5.91 Å². The fourth-order valence-electron chi connectivity index (χ4n) is 3.74. The van der Waals surface area contributed by atoms with Crippen LogP contribution in [0.5, 0.6) is 0 Å². The molecule has 0 saturated carbocycles. The molecule has 2 heterocycles. The van der Waals surface area contributed by atoms with Gasteiger partial charge in [-0.1, -0.05) is 34.6 Å². The van der Waals surface area contributed by atoms with Crippen LogP contribution in [0.25, 0.3) is 0 Å². The van der Waals surface area contributed by atoms with Crippen molar-refractivity contribution < 1.29 is 9.18 Å². The number of likely N-dealkylation sites (N-methyl/N-ethyl adjacent to an activating group) is 1. The normalized spacial score (nSPS) is 27.4. The van der Waals surface area contributed by atoms with E-state index in [-0.39, 0.29) is 11.8 Å². The second kappa shape index (κ2) is 9.71. The molecule has 0 bridgehead atoms. The number of nitrogens with zero attached hydrogens (tertiary/aromatic N) is 4. The zero-order chi connectivity index (χ0) is 21.8. The van der Waals surface area contributed by atoms with Crippen molar-refractivity contribution in [3.8, 4) is 0 Å². The van der Waals surface area contributed by atoms with Crippen LogP contribution >= 0.6 is 15.9 Å². The van der Waals surface area contributed by atoms with Crippen LogP contribution in [-0.2, 0) is 0 Å². The quantitative estimate of drug-likeness (QED) is 0.657. The molecule has 0 N–H and O–H groups in total. The van der Waals surface area contributed by atoms with Gasteiger partial charge in [0.15, 0.2) is 0 Å². The Morgan fingerprint density at radius 2 is 2.03 bits per heavy atom. The van der Waals surface area contributed by atoms with E-state index in [0.717, 1.165) is 34.3 Å². The Morgan fingerprint density at radius 3 is 2.67 bits per heavy atom. The van der Waals surface area contributed by atoms with E-state index in [1.165, 1.54) is 0 Å². The Hall–Kier alpha value is -2.25. The number of carbonyl (C=O) groups is 1. The SMILES string of the molecule is C=C1/C=C(/CN2CCC(c3ccc(C(=O)N(C)C)cc3)C(F)C2)N(C)/N=C\C=C/1Br. The fraction of sp³-hybridized carbons (Fsp3) is 0.391. The summed E-state index contributed by atoms with van der Waals surface area (Å²) in [6.45, 7) is 5.84. The number of hydrogen-bond donors (Lipinski definition) is 0. The minimum absolute atomic E-state index is 0.0458. The molecule has 160 valence electrons. The first-order valence-corrected chi connectivity index (χ1v) is 10.8. The molecule has 30 heavy (non-hydrogen) atoms. The van der Waals surface area contributed by atoms with Crippen molar-refractivity contribution in [2.45, 2.75) is 18.5 Å². The topological polar surface area (TPSA) is 39.2 Å². The summed E-state index contributed by atoms with van der Waals surface area (Å²) in [6.07, 6.45) is 5.32. The molecule has 0 radical (unpaired) electrons. The Labute approximate surface area is 186 Å². The van der Waals surface area contributed by atoms with Crippen LogP contribution < -0.4 is 0 Å². The number of piperidine rings is 1. The molecule has 2 atom stereocenters. The van der Waals surface area contributed by atoms with E-state index in [0.29, 0.717) is 18.7 Å². The number of allylic oxidation sites excluding steroid dienone is 4. The highest BCUT2D eigenvalue weighted by Crippen LogP contribution is 2.31. The largest absolute Gasteiger partial charge is 0.345 e. The predicted octanol–water partition coefficient (Wildman–Crippen LogP) is 4.17. The van der Waals surface area contributed by atoms with Gasteiger partial charge in [-0.05, 0) is 48.4 Å². The highest BCUT2D eigenvalue weighted by molar-refractivity contribution is 9.12. The summed E-state index contributed by atoms with van der Waals surface area (Å²) in [5.41, 5.74) is 3.41. The molecule has 0 aromatic heterocycles. The van der Waals surface area contributed by atoms with Crippen LogP contribution in [0.3, 0.4) is 0 Å². The van der Waals surface area contributed by atoms with Crippen molar-refractivity contribution in [1.29, 1.82) is 0 Å². The molecule has 0 aliphatic carbocycles. The molecule has 5 nitrogen and oxygen atoms in total. The highest BCUT2D eigenvalue weighted by atomic mass is 79.9. The first-order chi connectivity index (χ1) is 14.3. The summed E-state index contributed by atoms with van der Waals surface area (Å²) < 4.78 is 16.0. The molecule has 1 fully saturated rings. The number of halogens is 2. The predicted molar refractivity (Wildman–Crippen MR) is 124 cm³/mol. The first-order valence-electron chi connectivity index (χ1n) is 9.97. The number of amides is 1. The molecule has 0 spiro atoms. The Bertz CT molecular complexity index is 891. The van der Waals surface area contributed by atoms with E-state index < -0.39 is 6.17 Å². The van der Waals surface area contributed by atoms with Crippen molar-refractivity contribution in [1.82, 2.24) is 14.8 Å². The van der Waals surface area contributed by atoms with Crippen molar-refractivity contribution in [3.63, 3.8) is 0 Å². The third-order valence-corrected chi connectivity index (χ3v) is 6.30. The summed E-state index contributed by atoms with van der Waals surface area (Å²) in [6, 6.07) is 7.36. The third-order valence-electron chi connectivity index (χ3n) is 5.53. The number of benzene rings is 1. The average molecular weight is 475 g/mol. The zero-order valence-corrected chi connectivity index (χ0v) is 19.3. The summed E-state index contributed by atoms with van der Waals surface area (Å²) in [5, 5.41) is 6.18. The van der Waals surface area contributed by atoms with Gasteiger partial charge in [-0.3, -0.25) is 14.7 Å². The highest BCUT2D eigenvalue weighted by Gasteiger charge is 2.31. The first kappa shape index (κ1) is 22.4. The monoisotopic (exact) mass is 474 g/mol. The number of rotatable bonds is 4. The average Bonchev–Trinajstić information content (AvgIpc) is 2.72. The van der Waals surface area contributed by atoms with Crippen LogP contribution in [0.1, 0.15) is 28.3 Å². The van der Waals surface area contributed by atoms with Gasteiger partial charge in [-0.2, -0.15) is 5.10 Å². The zero-order valence-electron chi connectivity index (χ0n) is 17.7. The van der Waals surface area contributed by atoms with Gasteiger partial charge in [-0.15, -0.1) is 0 Å². The number of likely N-dealkylation sites (tertiary alicyclic amines) is 1. The van der Waals surface area contributed by atoms with Crippen molar-refractivity contribution in [2.24, 2.45) is 5.10 Å². The van der Waals surface area contributed by atoms with E-state index in [2.05, 4.69) is 32.5 Å². The second-order valence-corrected chi connectivity index (χ2v) is 8.79. The molecular weight excluding hydrogens is 447 g/mol. The maximum absolute atomic E-state index is 15.1. The minimum Gasteiger partial charge on any atom is -0.345 e. The molecular formula is C23H28BrFN4O. The van der Waals surface area contributed by atoms with Crippen LogP contribution in [0, 0.1) is 0 Å². The molecule has 3 rings (SSSR count). The third kappa shape index (κ3) is 5.26. The molecule has 1 aromatic carbocycles. The number of hydrogen-bond acceptors (Lipinski definition) is 4. The molecule has 1 saturated heterocycles. The van der Waals surface area contributed by atoms with E-state index in [4.69, 9.17) is 0 Å². The smallest absolute Gasteiger partial charge is 0.253 e. The van der Waals surface area contributed by atoms with Gasteiger partial charge in [0.05, 0.1) is 5.70 Å². The van der Waals surface area contributed by atoms with Crippen LogP contribution in [-0.4, -0.2) is 73.9 Å². The van der Waals surface area contributed by atoms with Gasteiger partial charge in [0.2, 0.25) is 0 Å². The maximum Gasteiger partial charge on any atom is 0.253 e. The Kier molecular flexibility index (Phi) is 7.26. The lowest BCUT2D eigenvalue weighted by Crippen LogP contribution is -2.42. The molecule has 2 aliphatic rings. The lowest BCUT2D eigenvalue weighted by Gasteiger charge is -2.36. The van der Waals surface area contributed by atoms with Gasteiger partial charge >= 0.3 is 0 Å². The van der Waals surface area contributed by atoms with E-state index in [1.54, 1.807) is 42.4 Å².